The van der Waals surface area contributed by atoms with Crippen LogP contribution in [0, 0.1) is 11.7 Å². The molecule has 1 saturated heterocycles. The highest BCUT2D eigenvalue weighted by molar-refractivity contribution is 5.74. The molecule has 0 saturated carbocycles. The number of hydrogen-bond donors (Lipinski definition) is 1. The van der Waals surface area contributed by atoms with Crippen molar-refractivity contribution < 1.29 is 9.18 Å². The molecule has 110 valence electrons. The zero-order valence-electron chi connectivity index (χ0n) is 12.1. The average molecular weight is 279 g/mol. The first-order valence-electron chi connectivity index (χ1n) is 7.10. The van der Waals surface area contributed by atoms with Gasteiger partial charge in [-0.2, -0.15) is 0 Å². The van der Waals surface area contributed by atoms with Gasteiger partial charge in [-0.1, -0.05) is 26.0 Å². The van der Waals surface area contributed by atoms with E-state index in [-0.39, 0.29) is 11.8 Å². The third kappa shape index (κ3) is 3.62. The molecule has 20 heavy (non-hydrogen) atoms. The van der Waals surface area contributed by atoms with Gasteiger partial charge < -0.3 is 15.1 Å². The normalized spacial score (nSPS) is 15.6. The van der Waals surface area contributed by atoms with Crippen LogP contribution in [0.2, 0.25) is 0 Å². The fourth-order valence-corrected chi connectivity index (χ4v) is 2.26. The number of urea groups is 1. The molecule has 1 aliphatic rings. The lowest BCUT2D eigenvalue weighted by molar-refractivity contribution is 0.193. The fraction of sp³-hybridized carbons (Fsp3) is 0.533. The Balaban J connectivity index is 1.86. The van der Waals surface area contributed by atoms with E-state index in [2.05, 4.69) is 19.2 Å². The highest BCUT2D eigenvalue weighted by Crippen LogP contribution is 2.20. The number of rotatable bonds is 3. The van der Waals surface area contributed by atoms with E-state index in [1.165, 1.54) is 6.07 Å². The summed E-state index contributed by atoms with van der Waals surface area (Å²) in [6, 6.07) is 6.75. The molecule has 1 aromatic carbocycles. The molecule has 2 amide bonds. The summed E-state index contributed by atoms with van der Waals surface area (Å²) in [5, 5.41) is 2.91. The molecule has 1 aliphatic heterocycles. The second-order valence-corrected chi connectivity index (χ2v) is 5.51. The molecule has 1 aromatic rings. The van der Waals surface area contributed by atoms with Crippen molar-refractivity contribution in [1.29, 1.82) is 0 Å². The molecule has 0 bridgehead atoms. The van der Waals surface area contributed by atoms with Crippen molar-refractivity contribution in [3.8, 4) is 0 Å². The zero-order valence-corrected chi connectivity index (χ0v) is 12.1. The minimum Gasteiger partial charge on any atom is -0.366 e. The van der Waals surface area contributed by atoms with Gasteiger partial charge in [0.05, 0.1) is 5.69 Å². The second-order valence-electron chi connectivity index (χ2n) is 5.51. The van der Waals surface area contributed by atoms with E-state index in [1.54, 1.807) is 17.0 Å². The SMILES string of the molecule is CC(C)CNC(=O)N1CCN(c2ccccc2F)CC1. The van der Waals surface area contributed by atoms with Crippen LogP contribution < -0.4 is 10.2 Å². The number of carbonyl (C=O) groups excluding carboxylic acids is 1. The number of benzene rings is 1. The topological polar surface area (TPSA) is 35.6 Å². The van der Waals surface area contributed by atoms with Gasteiger partial charge in [-0.05, 0) is 18.1 Å². The summed E-state index contributed by atoms with van der Waals surface area (Å²) in [4.78, 5) is 15.7. The highest BCUT2D eigenvalue weighted by atomic mass is 19.1. The van der Waals surface area contributed by atoms with Crippen LogP contribution in [0.25, 0.3) is 0 Å². The summed E-state index contributed by atoms with van der Waals surface area (Å²) in [6.07, 6.45) is 0. The lowest BCUT2D eigenvalue weighted by Gasteiger charge is -2.36. The molecule has 0 unspecified atom stereocenters. The molecular formula is C15H22FN3O. The molecule has 0 aliphatic carbocycles. The Labute approximate surface area is 119 Å². The predicted octanol–water partition coefficient (Wildman–Crippen LogP) is 2.31. The quantitative estimate of drug-likeness (QED) is 0.921. The molecule has 2 rings (SSSR count). The molecule has 0 spiro atoms. The van der Waals surface area contributed by atoms with Crippen molar-refractivity contribution in [3.63, 3.8) is 0 Å². The van der Waals surface area contributed by atoms with E-state index >= 15 is 0 Å². The molecule has 1 fully saturated rings. The van der Waals surface area contributed by atoms with Crippen LogP contribution in [0.1, 0.15) is 13.8 Å². The van der Waals surface area contributed by atoms with Gasteiger partial charge in [-0.25, -0.2) is 9.18 Å². The number of para-hydroxylation sites is 1. The van der Waals surface area contributed by atoms with Crippen LogP contribution >= 0.6 is 0 Å². The summed E-state index contributed by atoms with van der Waals surface area (Å²) in [5.74, 6) is 0.240. The maximum absolute atomic E-state index is 13.7. The van der Waals surface area contributed by atoms with E-state index < -0.39 is 0 Å². The molecule has 4 nitrogen and oxygen atoms in total. The number of carbonyl (C=O) groups is 1. The highest BCUT2D eigenvalue weighted by Gasteiger charge is 2.22. The Morgan fingerprint density at radius 1 is 1.25 bits per heavy atom. The van der Waals surface area contributed by atoms with Gasteiger partial charge in [-0.15, -0.1) is 0 Å². The lowest BCUT2D eigenvalue weighted by atomic mass is 10.2. The Kier molecular flexibility index (Phi) is 4.82. The third-order valence-electron chi connectivity index (χ3n) is 3.42. The fourth-order valence-electron chi connectivity index (χ4n) is 2.26. The number of anilines is 1. The van der Waals surface area contributed by atoms with Crippen molar-refractivity contribution in [3.05, 3.63) is 30.1 Å². The number of nitrogens with zero attached hydrogens (tertiary/aromatic N) is 2. The molecular weight excluding hydrogens is 257 g/mol. The Hall–Kier alpha value is -1.78. The summed E-state index contributed by atoms with van der Waals surface area (Å²) in [7, 11) is 0. The second kappa shape index (κ2) is 6.59. The lowest BCUT2D eigenvalue weighted by Crippen LogP contribution is -2.52. The summed E-state index contributed by atoms with van der Waals surface area (Å²) in [5.41, 5.74) is 0.620. The number of halogens is 1. The van der Waals surface area contributed by atoms with E-state index in [0.717, 1.165) is 0 Å². The number of nitrogens with one attached hydrogen (secondary N) is 1. The Morgan fingerprint density at radius 3 is 2.50 bits per heavy atom. The van der Waals surface area contributed by atoms with E-state index in [4.69, 9.17) is 0 Å². The molecule has 1 N–H and O–H groups in total. The van der Waals surface area contributed by atoms with Crippen molar-refractivity contribution >= 4 is 11.7 Å². The molecule has 0 radical (unpaired) electrons. The summed E-state index contributed by atoms with van der Waals surface area (Å²) >= 11 is 0. The minimum absolute atomic E-state index is 0.0214. The largest absolute Gasteiger partial charge is 0.366 e. The first kappa shape index (κ1) is 14.6. The van der Waals surface area contributed by atoms with Gasteiger partial charge in [0.1, 0.15) is 5.82 Å². The first-order valence-corrected chi connectivity index (χ1v) is 7.10. The minimum atomic E-state index is -0.204. The zero-order chi connectivity index (χ0) is 14.5. The monoisotopic (exact) mass is 279 g/mol. The van der Waals surface area contributed by atoms with E-state index in [1.807, 2.05) is 11.0 Å². The van der Waals surface area contributed by atoms with Gasteiger partial charge in [0.2, 0.25) is 0 Å². The predicted molar refractivity (Wildman–Crippen MR) is 78.4 cm³/mol. The number of piperazine rings is 1. The van der Waals surface area contributed by atoms with Gasteiger partial charge in [0, 0.05) is 32.7 Å². The maximum atomic E-state index is 13.7. The van der Waals surface area contributed by atoms with Crippen molar-refractivity contribution in [2.45, 2.75) is 13.8 Å². The molecule has 5 heteroatoms. The van der Waals surface area contributed by atoms with Crippen LogP contribution in [-0.4, -0.2) is 43.7 Å². The molecule has 0 atom stereocenters. The number of amides is 2. The van der Waals surface area contributed by atoms with Crippen molar-refractivity contribution in [2.75, 3.05) is 37.6 Å². The first-order chi connectivity index (χ1) is 9.58. The van der Waals surface area contributed by atoms with Gasteiger partial charge in [-0.3, -0.25) is 0 Å². The van der Waals surface area contributed by atoms with E-state index in [0.29, 0.717) is 44.3 Å². The average Bonchev–Trinajstić information content (AvgIpc) is 2.45. The summed E-state index contributed by atoms with van der Waals surface area (Å²) in [6.45, 7) is 7.39. The van der Waals surface area contributed by atoms with Crippen LogP contribution in [0.5, 0.6) is 0 Å². The van der Waals surface area contributed by atoms with Crippen LogP contribution in [0.3, 0.4) is 0 Å². The van der Waals surface area contributed by atoms with Crippen LogP contribution in [-0.2, 0) is 0 Å². The van der Waals surface area contributed by atoms with Crippen molar-refractivity contribution in [2.24, 2.45) is 5.92 Å². The van der Waals surface area contributed by atoms with Crippen LogP contribution in [0.4, 0.5) is 14.9 Å². The smallest absolute Gasteiger partial charge is 0.317 e. The molecule has 1 heterocycles. The van der Waals surface area contributed by atoms with Gasteiger partial charge in [0.25, 0.3) is 0 Å². The third-order valence-corrected chi connectivity index (χ3v) is 3.42. The van der Waals surface area contributed by atoms with Gasteiger partial charge >= 0.3 is 6.03 Å². The molecule has 0 aromatic heterocycles. The van der Waals surface area contributed by atoms with E-state index in [9.17, 15) is 9.18 Å². The standard InChI is InChI=1S/C15H22FN3O/c1-12(2)11-17-15(20)19-9-7-18(8-10-19)14-6-4-3-5-13(14)16/h3-6,12H,7-11H2,1-2H3,(H,17,20). The van der Waals surface area contributed by atoms with Crippen molar-refractivity contribution in [1.82, 2.24) is 10.2 Å². The Bertz CT molecular complexity index is 456. The van der Waals surface area contributed by atoms with Gasteiger partial charge in [0.15, 0.2) is 0 Å². The van der Waals surface area contributed by atoms with Crippen LogP contribution in [0.15, 0.2) is 24.3 Å². The number of hydrogen-bond acceptors (Lipinski definition) is 2. The summed E-state index contributed by atoms with van der Waals surface area (Å²) < 4.78 is 13.7. The maximum Gasteiger partial charge on any atom is 0.317 e. The Morgan fingerprint density at radius 2 is 1.90 bits per heavy atom.